The molecule has 0 aliphatic rings. The molecule has 2 amide bonds. The second kappa shape index (κ2) is 6.91. The summed E-state index contributed by atoms with van der Waals surface area (Å²) in [4.78, 5) is 12.2. The highest BCUT2D eigenvalue weighted by Crippen LogP contribution is 2.26. The van der Waals surface area contributed by atoms with Crippen LogP contribution in [0.3, 0.4) is 0 Å². The van der Waals surface area contributed by atoms with Gasteiger partial charge < -0.3 is 5.32 Å². The topological polar surface area (TPSA) is 59.0 Å². The monoisotopic (exact) mass is 326 g/mol. The van der Waals surface area contributed by atoms with Gasteiger partial charge in [0.2, 0.25) is 0 Å². The number of aromatic nitrogens is 2. The van der Waals surface area contributed by atoms with Crippen LogP contribution in [-0.4, -0.2) is 15.8 Å². The summed E-state index contributed by atoms with van der Waals surface area (Å²) in [5.74, 6) is 0.644. The van der Waals surface area contributed by atoms with Crippen molar-refractivity contribution in [2.75, 3.05) is 5.32 Å². The Morgan fingerprint density at radius 2 is 1.83 bits per heavy atom. The van der Waals surface area contributed by atoms with E-state index < -0.39 is 0 Å². The first-order chi connectivity index (χ1) is 11.2. The van der Waals surface area contributed by atoms with E-state index in [1.54, 1.807) is 4.68 Å². The Kier molecular flexibility index (Phi) is 5.12. The van der Waals surface area contributed by atoms with Gasteiger partial charge in [0.05, 0.1) is 11.4 Å². The van der Waals surface area contributed by atoms with E-state index in [4.69, 9.17) is 5.10 Å². The fraction of sp³-hybridized carbons (Fsp3) is 0.368. The van der Waals surface area contributed by atoms with Crippen LogP contribution in [0.5, 0.6) is 0 Å². The molecule has 0 saturated heterocycles. The Labute approximate surface area is 143 Å². The first-order valence-electron chi connectivity index (χ1n) is 8.09. The van der Waals surface area contributed by atoms with E-state index in [-0.39, 0.29) is 11.4 Å². The van der Waals surface area contributed by atoms with E-state index in [1.165, 1.54) is 5.56 Å². The lowest BCUT2D eigenvalue weighted by atomic mass is 9.92. The fourth-order valence-electron chi connectivity index (χ4n) is 2.12. The molecule has 1 aromatic carbocycles. The molecule has 0 saturated carbocycles. The van der Waals surface area contributed by atoms with Gasteiger partial charge in [-0.15, -0.1) is 0 Å². The molecule has 2 rings (SSSR count). The van der Waals surface area contributed by atoms with Crippen LogP contribution in [0.4, 0.5) is 10.6 Å². The van der Waals surface area contributed by atoms with Gasteiger partial charge in [0, 0.05) is 17.2 Å². The molecule has 1 aromatic heterocycles. The zero-order valence-electron chi connectivity index (χ0n) is 15.3. The SMILES string of the molecule is CC=C(C)NC(=O)Nc1cc(C(C)(C)C)nn1-c1ccc(C)cc1. The van der Waals surface area contributed by atoms with Crippen LogP contribution in [0, 0.1) is 6.92 Å². The minimum absolute atomic E-state index is 0.109. The van der Waals surface area contributed by atoms with Crippen molar-refractivity contribution >= 4 is 11.8 Å². The van der Waals surface area contributed by atoms with Crippen molar-refractivity contribution in [3.63, 3.8) is 0 Å². The van der Waals surface area contributed by atoms with Gasteiger partial charge in [0.1, 0.15) is 5.82 Å². The number of carbonyl (C=O) groups excluding carboxylic acids is 1. The van der Waals surface area contributed by atoms with Gasteiger partial charge in [-0.25, -0.2) is 9.48 Å². The number of hydrogen-bond acceptors (Lipinski definition) is 2. The Balaban J connectivity index is 2.39. The van der Waals surface area contributed by atoms with Crippen LogP contribution in [0.1, 0.15) is 45.9 Å². The van der Waals surface area contributed by atoms with Crippen LogP contribution in [0.2, 0.25) is 0 Å². The molecule has 1 heterocycles. The molecule has 0 aliphatic heterocycles. The number of allylic oxidation sites excluding steroid dienone is 2. The Morgan fingerprint density at radius 1 is 1.21 bits per heavy atom. The van der Waals surface area contributed by atoms with E-state index in [0.29, 0.717) is 5.82 Å². The molecule has 0 fully saturated rings. The molecule has 24 heavy (non-hydrogen) atoms. The van der Waals surface area contributed by atoms with Crippen molar-refractivity contribution in [2.45, 2.75) is 47.0 Å². The summed E-state index contributed by atoms with van der Waals surface area (Å²) in [5, 5.41) is 10.4. The second-order valence-corrected chi connectivity index (χ2v) is 6.96. The molecule has 0 atom stereocenters. The van der Waals surface area contributed by atoms with Crippen LogP contribution in [0.25, 0.3) is 5.69 Å². The molecule has 0 aliphatic carbocycles. The van der Waals surface area contributed by atoms with E-state index in [0.717, 1.165) is 17.1 Å². The van der Waals surface area contributed by atoms with Gasteiger partial charge >= 0.3 is 6.03 Å². The third-order valence-corrected chi connectivity index (χ3v) is 3.74. The molecule has 5 nitrogen and oxygen atoms in total. The summed E-state index contributed by atoms with van der Waals surface area (Å²) in [6.07, 6.45) is 1.84. The predicted molar refractivity (Wildman–Crippen MR) is 98.6 cm³/mol. The average molecular weight is 326 g/mol. The summed E-state index contributed by atoms with van der Waals surface area (Å²) in [6, 6.07) is 9.69. The van der Waals surface area contributed by atoms with E-state index in [1.807, 2.05) is 57.2 Å². The van der Waals surface area contributed by atoms with Gasteiger partial charge in [-0.05, 0) is 32.9 Å². The quantitative estimate of drug-likeness (QED) is 0.871. The van der Waals surface area contributed by atoms with Crippen molar-refractivity contribution in [3.8, 4) is 5.69 Å². The maximum atomic E-state index is 12.2. The van der Waals surface area contributed by atoms with Crippen molar-refractivity contribution < 1.29 is 4.79 Å². The number of hydrogen-bond donors (Lipinski definition) is 2. The number of benzene rings is 1. The van der Waals surface area contributed by atoms with Gasteiger partial charge in [0.25, 0.3) is 0 Å². The van der Waals surface area contributed by atoms with Gasteiger partial charge in [-0.1, -0.05) is 44.5 Å². The van der Waals surface area contributed by atoms with Gasteiger partial charge in [-0.3, -0.25) is 5.32 Å². The molecule has 2 aromatic rings. The molecule has 2 N–H and O–H groups in total. The predicted octanol–water partition coefficient (Wildman–Crippen LogP) is 4.52. The normalized spacial score (nSPS) is 12.2. The summed E-state index contributed by atoms with van der Waals surface area (Å²) in [7, 11) is 0. The van der Waals surface area contributed by atoms with Crippen molar-refractivity contribution in [1.82, 2.24) is 15.1 Å². The number of rotatable bonds is 3. The number of carbonyl (C=O) groups is 1. The van der Waals surface area contributed by atoms with Crippen LogP contribution < -0.4 is 10.6 Å². The highest BCUT2D eigenvalue weighted by molar-refractivity contribution is 5.89. The number of aryl methyl sites for hydroxylation is 1. The standard InChI is InChI=1S/C19H26N4O/c1-7-14(3)20-18(24)21-17-12-16(19(4,5)6)22-23(17)15-10-8-13(2)9-11-15/h7-12H,1-6H3,(H2,20,21,24). The first-order valence-corrected chi connectivity index (χ1v) is 8.09. The van der Waals surface area contributed by atoms with Crippen molar-refractivity contribution in [3.05, 3.63) is 53.4 Å². The minimum Gasteiger partial charge on any atom is -0.312 e. The highest BCUT2D eigenvalue weighted by Gasteiger charge is 2.21. The number of amides is 2. The summed E-state index contributed by atoms with van der Waals surface area (Å²) in [5.41, 5.74) is 3.69. The molecule has 0 spiro atoms. The number of nitrogens with zero attached hydrogens (tertiary/aromatic N) is 2. The number of urea groups is 1. The first kappa shape index (κ1) is 17.8. The molecule has 128 valence electrons. The number of nitrogens with one attached hydrogen (secondary N) is 2. The van der Waals surface area contributed by atoms with Gasteiger partial charge in [-0.2, -0.15) is 5.10 Å². The zero-order valence-corrected chi connectivity index (χ0v) is 15.3. The second-order valence-electron chi connectivity index (χ2n) is 6.96. The van der Waals surface area contributed by atoms with Crippen molar-refractivity contribution in [1.29, 1.82) is 0 Å². The van der Waals surface area contributed by atoms with E-state index in [2.05, 4.69) is 31.4 Å². The van der Waals surface area contributed by atoms with Crippen LogP contribution in [0.15, 0.2) is 42.1 Å². The van der Waals surface area contributed by atoms with Crippen LogP contribution >= 0.6 is 0 Å². The minimum atomic E-state index is -0.278. The third-order valence-electron chi connectivity index (χ3n) is 3.74. The van der Waals surface area contributed by atoms with Gasteiger partial charge in [0.15, 0.2) is 0 Å². The van der Waals surface area contributed by atoms with E-state index >= 15 is 0 Å². The Bertz CT molecular complexity index is 749. The molecular weight excluding hydrogens is 300 g/mol. The fourth-order valence-corrected chi connectivity index (χ4v) is 2.12. The third kappa shape index (κ3) is 4.25. The van der Waals surface area contributed by atoms with Crippen molar-refractivity contribution in [2.24, 2.45) is 0 Å². The lowest BCUT2D eigenvalue weighted by molar-refractivity contribution is 0.254. The molecule has 0 radical (unpaired) electrons. The summed E-state index contributed by atoms with van der Waals surface area (Å²) >= 11 is 0. The summed E-state index contributed by atoms with van der Waals surface area (Å²) < 4.78 is 1.77. The highest BCUT2D eigenvalue weighted by atomic mass is 16.2. The lowest BCUT2D eigenvalue weighted by Gasteiger charge is -2.14. The maximum absolute atomic E-state index is 12.2. The smallest absolute Gasteiger partial charge is 0.312 e. The molecule has 0 unspecified atom stereocenters. The lowest BCUT2D eigenvalue weighted by Crippen LogP contribution is -2.28. The largest absolute Gasteiger partial charge is 0.324 e. The van der Waals surface area contributed by atoms with E-state index in [9.17, 15) is 4.79 Å². The average Bonchev–Trinajstić information content (AvgIpc) is 2.91. The maximum Gasteiger partial charge on any atom is 0.324 e. The summed E-state index contributed by atoms with van der Waals surface area (Å²) in [6.45, 7) is 12.1. The Hall–Kier alpha value is -2.56. The Morgan fingerprint density at radius 3 is 2.38 bits per heavy atom. The number of anilines is 1. The molecule has 5 heteroatoms. The molecular formula is C19H26N4O. The van der Waals surface area contributed by atoms with Crippen LogP contribution in [-0.2, 0) is 5.41 Å². The molecule has 0 bridgehead atoms. The zero-order chi connectivity index (χ0) is 17.9.